The van der Waals surface area contributed by atoms with Crippen molar-refractivity contribution in [2.75, 3.05) is 17.7 Å². The van der Waals surface area contributed by atoms with Crippen molar-refractivity contribution in [2.24, 2.45) is 0 Å². The van der Waals surface area contributed by atoms with Crippen LogP contribution in [0.15, 0.2) is 24.7 Å². The molecule has 0 aliphatic heterocycles. The van der Waals surface area contributed by atoms with E-state index in [9.17, 15) is 0 Å². The Labute approximate surface area is 118 Å². The monoisotopic (exact) mass is 273 g/mol. The molecule has 0 aromatic carbocycles. The second kappa shape index (κ2) is 6.70. The van der Waals surface area contributed by atoms with Crippen LogP contribution in [-0.4, -0.2) is 21.6 Å². The topological polar surface area (TPSA) is 86.0 Å². The van der Waals surface area contributed by atoms with E-state index in [2.05, 4.69) is 33.3 Å². The molecular formula is C14H19N5O. The van der Waals surface area contributed by atoms with Gasteiger partial charge in [-0.3, -0.25) is 4.98 Å². The van der Waals surface area contributed by atoms with E-state index >= 15 is 0 Å². The fourth-order valence-electron chi connectivity index (χ4n) is 1.89. The molecule has 0 aliphatic rings. The number of anilines is 2. The number of rotatable bonds is 6. The van der Waals surface area contributed by atoms with Gasteiger partial charge >= 0.3 is 0 Å². The third-order valence-electron chi connectivity index (χ3n) is 2.92. The minimum atomic E-state index is 0.404. The van der Waals surface area contributed by atoms with Crippen LogP contribution < -0.4 is 15.8 Å². The second-order valence-electron chi connectivity index (χ2n) is 4.19. The number of aromatic nitrogens is 3. The molecule has 0 saturated heterocycles. The first-order valence-electron chi connectivity index (χ1n) is 6.66. The molecule has 0 bridgehead atoms. The van der Waals surface area contributed by atoms with Gasteiger partial charge in [0, 0.05) is 6.20 Å². The number of pyridine rings is 1. The average Bonchev–Trinajstić information content (AvgIpc) is 2.48. The molecule has 0 spiro atoms. The Balaban J connectivity index is 2.13. The predicted molar refractivity (Wildman–Crippen MR) is 78.6 cm³/mol. The summed E-state index contributed by atoms with van der Waals surface area (Å²) in [5, 5.41) is 3.18. The molecule has 0 amide bonds. The SMILES string of the molecule is CCOc1ncnc(NCc2ncccc2CC)c1N. The lowest BCUT2D eigenvalue weighted by atomic mass is 10.1. The van der Waals surface area contributed by atoms with Crippen LogP contribution in [0.1, 0.15) is 25.1 Å². The van der Waals surface area contributed by atoms with Crippen molar-refractivity contribution in [3.05, 3.63) is 35.9 Å². The summed E-state index contributed by atoms with van der Waals surface area (Å²) in [6.45, 7) is 5.07. The zero-order valence-corrected chi connectivity index (χ0v) is 11.8. The molecular weight excluding hydrogens is 254 g/mol. The van der Waals surface area contributed by atoms with Crippen LogP contribution in [0.3, 0.4) is 0 Å². The average molecular weight is 273 g/mol. The highest BCUT2D eigenvalue weighted by atomic mass is 16.5. The Morgan fingerprint density at radius 1 is 1.25 bits per heavy atom. The molecule has 6 heteroatoms. The summed E-state index contributed by atoms with van der Waals surface area (Å²) in [7, 11) is 0. The van der Waals surface area contributed by atoms with Crippen molar-refractivity contribution in [2.45, 2.75) is 26.8 Å². The van der Waals surface area contributed by atoms with Crippen LogP contribution in [0.4, 0.5) is 11.5 Å². The van der Waals surface area contributed by atoms with E-state index < -0.39 is 0 Å². The van der Waals surface area contributed by atoms with E-state index in [0.717, 1.165) is 12.1 Å². The summed E-state index contributed by atoms with van der Waals surface area (Å²) in [5.74, 6) is 0.970. The van der Waals surface area contributed by atoms with Gasteiger partial charge in [-0.1, -0.05) is 13.0 Å². The molecule has 0 unspecified atom stereocenters. The van der Waals surface area contributed by atoms with Gasteiger partial charge in [0.15, 0.2) is 5.82 Å². The number of nitrogen functional groups attached to an aromatic ring is 1. The first kappa shape index (κ1) is 14.0. The number of nitrogens with one attached hydrogen (secondary N) is 1. The van der Waals surface area contributed by atoms with Crippen LogP contribution >= 0.6 is 0 Å². The van der Waals surface area contributed by atoms with Gasteiger partial charge in [0.1, 0.15) is 12.0 Å². The van der Waals surface area contributed by atoms with Crippen molar-refractivity contribution in [3.63, 3.8) is 0 Å². The number of hydrogen-bond acceptors (Lipinski definition) is 6. The van der Waals surface area contributed by atoms with Crippen LogP contribution in [0.2, 0.25) is 0 Å². The summed E-state index contributed by atoms with van der Waals surface area (Å²) in [6.07, 6.45) is 4.16. The maximum absolute atomic E-state index is 5.97. The molecule has 2 aromatic heterocycles. The summed E-state index contributed by atoms with van der Waals surface area (Å²) in [4.78, 5) is 12.5. The van der Waals surface area contributed by atoms with E-state index in [-0.39, 0.29) is 0 Å². The fraction of sp³-hybridized carbons (Fsp3) is 0.357. The number of nitrogens with two attached hydrogens (primary N) is 1. The summed E-state index contributed by atoms with van der Waals surface area (Å²) in [5.41, 5.74) is 8.59. The second-order valence-corrected chi connectivity index (χ2v) is 4.19. The van der Waals surface area contributed by atoms with Gasteiger partial charge in [-0.05, 0) is 25.0 Å². The van der Waals surface area contributed by atoms with Gasteiger partial charge in [0.2, 0.25) is 5.88 Å². The highest BCUT2D eigenvalue weighted by molar-refractivity contribution is 5.66. The Bertz CT molecular complexity index is 573. The van der Waals surface area contributed by atoms with Crippen molar-refractivity contribution in [3.8, 4) is 5.88 Å². The zero-order chi connectivity index (χ0) is 14.4. The lowest BCUT2D eigenvalue weighted by molar-refractivity contribution is 0.328. The Hall–Kier alpha value is -2.37. The fourth-order valence-corrected chi connectivity index (χ4v) is 1.89. The molecule has 0 radical (unpaired) electrons. The Morgan fingerprint density at radius 3 is 2.85 bits per heavy atom. The van der Waals surface area contributed by atoms with E-state index in [1.165, 1.54) is 11.9 Å². The summed E-state index contributed by atoms with van der Waals surface area (Å²) < 4.78 is 5.34. The molecule has 3 N–H and O–H groups in total. The van der Waals surface area contributed by atoms with Crippen molar-refractivity contribution in [1.82, 2.24) is 15.0 Å². The standard InChI is InChI=1S/C14H19N5O/c1-3-10-6-5-7-16-11(10)8-17-13-12(15)14(20-4-2)19-9-18-13/h5-7,9H,3-4,8,15H2,1-2H3,(H,17,18,19). The van der Waals surface area contributed by atoms with Crippen LogP contribution in [0.5, 0.6) is 5.88 Å². The molecule has 0 saturated carbocycles. The van der Waals surface area contributed by atoms with Crippen molar-refractivity contribution >= 4 is 11.5 Å². The van der Waals surface area contributed by atoms with Gasteiger partial charge in [0.05, 0.1) is 18.8 Å². The van der Waals surface area contributed by atoms with Crippen LogP contribution in [0, 0.1) is 0 Å². The molecule has 2 aromatic rings. The molecule has 2 rings (SSSR count). The molecule has 0 aliphatic carbocycles. The summed E-state index contributed by atoms with van der Waals surface area (Å²) in [6, 6.07) is 4.01. The quantitative estimate of drug-likeness (QED) is 0.837. The third kappa shape index (κ3) is 3.14. The molecule has 20 heavy (non-hydrogen) atoms. The van der Waals surface area contributed by atoms with Crippen molar-refractivity contribution < 1.29 is 4.74 Å². The molecule has 0 atom stereocenters. The minimum absolute atomic E-state index is 0.404. The van der Waals surface area contributed by atoms with Gasteiger partial charge in [-0.15, -0.1) is 0 Å². The Morgan fingerprint density at radius 2 is 2.10 bits per heavy atom. The van der Waals surface area contributed by atoms with Crippen molar-refractivity contribution in [1.29, 1.82) is 0 Å². The molecule has 6 nitrogen and oxygen atoms in total. The number of aryl methyl sites for hydroxylation is 1. The first-order chi connectivity index (χ1) is 9.76. The lowest BCUT2D eigenvalue weighted by Crippen LogP contribution is -2.10. The van der Waals surface area contributed by atoms with Gasteiger partial charge in [0.25, 0.3) is 0 Å². The van der Waals surface area contributed by atoms with Crippen LogP contribution in [0.25, 0.3) is 0 Å². The van der Waals surface area contributed by atoms with Gasteiger partial charge in [-0.2, -0.15) is 4.98 Å². The number of hydrogen-bond donors (Lipinski definition) is 2. The maximum atomic E-state index is 5.97. The van der Waals surface area contributed by atoms with E-state index in [0.29, 0.717) is 30.5 Å². The normalized spacial score (nSPS) is 10.3. The largest absolute Gasteiger partial charge is 0.476 e. The van der Waals surface area contributed by atoms with Crippen LogP contribution in [-0.2, 0) is 13.0 Å². The number of nitrogens with zero attached hydrogens (tertiary/aromatic N) is 3. The van der Waals surface area contributed by atoms with Gasteiger partial charge < -0.3 is 15.8 Å². The van der Waals surface area contributed by atoms with E-state index in [4.69, 9.17) is 10.5 Å². The molecule has 106 valence electrons. The summed E-state index contributed by atoms with van der Waals surface area (Å²) >= 11 is 0. The Kier molecular flexibility index (Phi) is 4.70. The smallest absolute Gasteiger partial charge is 0.242 e. The number of ether oxygens (including phenoxy) is 1. The predicted octanol–water partition coefficient (Wildman–Crippen LogP) is 2.03. The minimum Gasteiger partial charge on any atom is -0.476 e. The lowest BCUT2D eigenvalue weighted by Gasteiger charge is -2.12. The molecule has 0 fully saturated rings. The maximum Gasteiger partial charge on any atom is 0.242 e. The zero-order valence-electron chi connectivity index (χ0n) is 11.8. The highest BCUT2D eigenvalue weighted by Crippen LogP contribution is 2.24. The first-order valence-corrected chi connectivity index (χ1v) is 6.66. The molecule has 2 heterocycles. The van der Waals surface area contributed by atoms with E-state index in [1.807, 2.05) is 13.0 Å². The van der Waals surface area contributed by atoms with Gasteiger partial charge in [-0.25, -0.2) is 4.98 Å². The van der Waals surface area contributed by atoms with E-state index in [1.54, 1.807) is 6.20 Å². The highest BCUT2D eigenvalue weighted by Gasteiger charge is 2.09. The third-order valence-corrected chi connectivity index (χ3v) is 2.92.